The maximum absolute atomic E-state index is 13.3. The molecule has 0 saturated heterocycles. The Hall–Kier alpha value is -2.71. The summed E-state index contributed by atoms with van der Waals surface area (Å²) in [6.45, 7) is 1.78. The summed E-state index contributed by atoms with van der Waals surface area (Å²) in [5.41, 5.74) is 1.41. The molecule has 152 valence electrons. The van der Waals surface area contributed by atoms with Crippen molar-refractivity contribution in [2.24, 2.45) is 0 Å². The van der Waals surface area contributed by atoms with E-state index in [2.05, 4.69) is 10.0 Å². The molecule has 0 aliphatic rings. The molecule has 0 fully saturated rings. The van der Waals surface area contributed by atoms with Gasteiger partial charge in [-0.2, -0.15) is 0 Å². The SMILES string of the molecule is CCCS(=O)(=O)Nc1cccc(C(=O)N[C@H](c2ccc(F)cc2)c2cccs2)c1. The van der Waals surface area contributed by atoms with Crippen LogP contribution in [0.5, 0.6) is 0 Å². The molecule has 1 heterocycles. The second kappa shape index (κ2) is 9.19. The Morgan fingerprint density at radius 2 is 1.86 bits per heavy atom. The van der Waals surface area contributed by atoms with Crippen LogP contribution in [0.15, 0.2) is 66.0 Å². The van der Waals surface area contributed by atoms with Crippen LogP contribution in [0.4, 0.5) is 10.1 Å². The van der Waals surface area contributed by atoms with E-state index in [4.69, 9.17) is 0 Å². The average Bonchev–Trinajstić information content (AvgIpc) is 3.21. The van der Waals surface area contributed by atoms with E-state index in [1.165, 1.54) is 29.5 Å². The van der Waals surface area contributed by atoms with Crippen LogP contribution in [-0.4, -0.2) is 20.1 Å². The number of carbonyl (C=O) groups excluding carboxylic acids is 1. The van der Waals surface area contributed by atoms with Crippen molar-refractivity contribution in [3.05, 3.63) is 87.9 Å². The van der Waals surface area contributed by atoms with E-state index in [1.54, 1.807) is 37.3 Å². The van der Waals surface area contributed by atoms with Crippen LogP contribution >= 0.6 is 11.3 Å². The zero-order valence-electron chi connectivity index (χ0n) is 15.8. The summed E-state index contributed by atoms with van der Waals surface area (Å²) in [6.07, 6.45) is 0.496. The van der Waals surface area contributed by atoms with Gasteiger partial charge in [-0.1, -0.05) is 31.2 Å². The number of carbonyl (C=O) groups is 1. The fourth-order valence-electron chi connectivity index (χ4n) is 2.87. The molecule has 0 saturated carbocycles. The second-order valence-electron chi connectivity index (χ2n) is 6.48. The molecule has 0 aliphatic heterocycles. The van der Waals surface area contributed by atoms with Crippen LogP contribution in [0.2, 0.25) is 0 Å². The lowest BCUT2D eigenvalue weighted by atomic mass is 10.0. The number of hydrogen-bond acceptors (Lipinski definition) is 4. The van der Waals surface area contributed by atoms with Gasteiger partial charge in [0.1, 0.15) is 5.82 Å². The fraction of sp³-hybridized carbons (Fsp3) is 0.190. The van der Waals surface area contributed by atoms with Crippen molar-refractivity contribution < 1.29 is 17.6 Å². The summed E-state index contributed by atoms with van der Waals surface area (Å²) in [7, 11) is -3.45. The molecular formula is C21H21FN2O3S2. The summed E-state index contributed by atoms with van der Waals surface area (Å²) in [5.74, 6) is -0.699. The number of nitrogens with one attached hydrogen (secondary N) is 2. The molecule has 0 radical (unpaired) electrons. The van der Waals surface area contributed by atoms with Crippen molar-refractivity contribution in [3.8, 4) is 0 Å². The van der Waals surface area contributed by atoms with E-state index in [0.29, 0.717) is 17.7 Å². The van der Waals surface area contributed by atoms with E-state index in [1.807, 2.05) is 17.5 Å². The van der Waals surface area contributed by atoms with Crippen LogP contribution in [0.25, 0.3) is 0 Å². The van der Waals surface area contributed by atoms with Crippen LogP contribution in [0.3, 0.4) is 0 Å². The zero-order valence-corrected chi connectivity index (χ0v) is 17.4. The van der Waals surface area contributed by atoms with E-state index < -0.39 is 16.1 Å². The van der Waals surface area contributed by atoms with Gasteiger partial charge >= 0.3 is 0 Å². The average molecular weight is 433 g/mol. The molecule has 2 N–H and O–H groups in total. The summed E-state index contributed by atoms with van der Waals surface area (Å²) in [6, 6.07) is 15.6. The first kappa shape index (κ1) is 21.0. The maximum Gasteiger partial charge on any atom is 0.252 e. The van der Waals surface area contributed by atoms with Crippen molar-refractivity contribution in [1.82, 2.24) is 5.32 Å². The Morgan fingerprint density at radius 3 is 2.52 bits per heavy atom. The largest absolute Gasteiger partial charge is 0.340 e. The first-order chi connectivity index (χ1) is 13.9. The van der Waals surface area contributed by atoms with Gasteiger partial charge in [0.2, 0.25) is 10.0 Å². The standard InChI is InChI=1S/C21H21FN2O3S2/c1-2-13-29(26,27)24-18-6-3-5-16(14-18)21(25)23-20(19-7-4-12-28-19)15-8-10-17(22)11-9-15/h3-12,14,20,24H,2,13H2,1H3,(H,23,25)/t20-/m1/s1. The molecule has 29 heavy (non-hydrogen) atoms. The van der Waals surface area contributed by atoms with Gasteiger partial charge in [0, 0.05) is 16.1 Å². The van der Waals surface area contributed by atoms with Gasteiger partial charge in [0.05, 0.1) is 11.8 Å². The number of thiophene rings is 1. The predicted molar refractivity (Wildman–Crippen MR) is 114 cm³/mol. The number of hydrogen-bond donors (Lipinski definition) is 2. The number of rotatable bonds is 8. The van der Waals surface area contributed by atoms with Gasteiger partial charge in [-0.05, 0) is 53.8 Å². The van der Waals surface area contributed by atoms with Gasteiger partial charge in [0.25, 0.3) is 5.91 Å². The first-order valence-electron chi connectivity index (χ1n) is 9.08. The Bertz CT molecular complexity index is 1070. The van der Waals surface area contributed by atoms with Crippen LogP contribution in [-0.2, 0) is 10.0 Å². The number of anilines is 1. The first-order valence-corrected chi connectivity index (χ1v) is 11.6. The quantitative estimate of drug-likeness (QED) is 0.548. The normalized spacial score (nSPS) is 12.3. The Balaban J connectivity index is 1.83. The molecule has 0 spiro atoms. The number of halogens is 1. The van der Waals surface area contributed by atoms with Gasteiger partial charge in [-0.25, -0.2) is 12.8 Å². The molecule has 1 aromatic heterocycles. The zero-order chi connectivity index (χ0) is 20.9. The van der Waals surface area contributed by atoms with Crippen molar-refractivity contribution >= 4 is 33.0 Å². The monoisotopic (exact) mass is 432 g/mol. The fourth-order valence-corrected chi connectivity index (χ4v) is 4.80. The maximum atomic E-state index is 13.3. The van der Waals surface area contributed by atoms with E-state index in [9.17, 15) is 17.6 Å². The van der Waals surface area contributed by atoms with Gasteiger partial charge < -0.3 is 5.32 Å². The highest BCUT2D eigenvalue weighted by Crippen LogP contribution is 2.27. The highest BCUT2D eigenvalue weighted by Gasteiger charge is 2.19. The Morgan fingerprint density at radius 1 is 1.10 bits per heavy atom. The Labute approximate surface area is 173 Å². The summed E-state index contributed by atoms with van der Waals surface area (Å²) in [5, 5.41) is 4.86. The molecule has 8 heteroatoms. The molecule has 0 unspecified atom stereocenters. The molecule has 1 atom stereocenters. The van der Waals surface area contributed by atoms with Crippen molar-refractivity contribution in [1.29, 1.82) is 0 Å². The molecule has 2 aromatic carbocycles. The second-order valence-corrected chi connectivity index (χ2v) is 9.30. The van der Waals surface area contributed by atoms with Crippen LogP contribution < -0.4 is 10.0 Å². The van der Waals surface area contributed by atoms with Crippen molar-refractivity contribution in [3.63, 3.8) is 0 Å². The summed E-state index contributed by atoms with van der Waals surface area (Å²) < 4.78 is 39.8. The molecule has 3 rings (SSSR count). The third-order valence-corrected chi connectivity index (χ3v) is 6.61. The summed E-state index contributed by atoms with van der Waals surface area (Å²) >= 11 is 1.48. The highest BCUT2D eigenvalue weighted by atomic mass is 32.2. The lowest BCUT2D eigenvalue weighted by Crippen LogP contribution is -2.29. The minimum atomic E-state index is -3.45. The lowest BCUT2D eigenvalue weighted by molar-refractivity contribution is 0.0943. The van der Waals surface area contributed by atoms with Crippen LogP contribution in [0.1, 0.15) is 40.2 Å². The molecule has 3 aromatic rings. The minimum absolute atomic E-state index is 0.00838. The molecule has 0 aliphatic carbocycles. The Kier molecular flexibility index (Phi) is 6.66. The van der Waals surface area contributed by atoms with Crippen molar-refractivity contribution in [2.45, 2.75) is 19.4 Å². The third kappa shape index (κ3) is 5.65. The van der Waals surface area contributed by atoms with Gasteiger partial charge in [0.15, 0.2) is 0 Å². The number of benzene rings is 2. The predicted octanol–water partition coefficient (Wildman–Crippen LogP) is 4.56. The smallest absolute Gasteiger partial charge is 0.252 e. The van der Waals surface area contributed by atoms with Crippen molar-refractivity contribution in [2.75, 3.05) is 10.5 Å². The minimum Gasteiger partial charge on any atom is -0.340 e. The highest BCUT2D eigenvalue weighted by molar-refractivity contribution is 7.92. The van der Waals surface area contributed by atoms with E-state index >= 15 is 0 Å². The van der Waals surface area contributed by atoms with Gasteiger partial charge in [-0.3, -0.25) is 9.52 Å². The molecular weight excluding hydrogens is 411 g/mol. The molecule has 0 bridgehead atoms. The number of amides is 1. The molecule has 1 amide bonds. The lowest BCUT2D eigenvalue weighted by Gasteiger charge is -2.18. The van der Waals surface area contributed by atoms with E-state index in [-0.39, 0.29) is 17.5 Å². The topological polar surface area (TPSA) is 75.3 Å². The van der Waals surface area contributed by atoms with Gasteiger partial charge in [-0.15, -0.1) is 11.3 Å². The summed E-state index contributed by atoms with van der Waals surface area (Å²) in [4.78, 5) is 13.8. The molecule has 5 nitrogen and oxygen atoms in total. The number of sulfonamides is 1. The van der Waals surface area contributed by atoms with E-state index in [0.717, 1.165) is 10.4 Å². The third-order valence-electron chi connectivity index (χ3n) is 4.18. The van der Waals surface area contributed by atoms with Crippen LogP contribution in [0, 0.1) is 5.82 Å².